The lowest BCUT2D eigenvalue weighted by Gasteiger charge is -2.36. The van der Waals surface area contributed by atoms with E-state index in [2.05, 4.69) is 5.32 Å². The van der Waals surface area contributed by atoms with Crippen molar-refractivity contribution in [2.75, 3.05) is 26.2 Å². The Morgan fingerprint density at radius 1 is 1.32 bits per heavy atom. The van der Waals surface area contributed by atoms with Gasteiger partial charge in [0.2, 0.25) is 17.7 Å². The lowest BCUT2D eigenvalue weighted by atomic mass is 9.95. The first kappa shape index (κ1) is 20.9. The van der Waals surface area contributed by atoms with Gasteiger partial charge in [-0.25, -0.2) is 4.79 Å². The fraction of sp³-hybridized carbons (Fsp3) is 0.765. The summed E-state index contributed by atoms with van der Waals surface area (Å²) in [6.45, 7) is 6.06. The zero-order valence-corrected chi connectivity index (χ0v) is 15.3. The van der Waals surface area contributed by atoms with Crippen molar-refractivity contribution in [2.24, 2.45) is 5.92 Å². The van der Waals surface area contributed by atoms with Crippen LogP contribution in [0.5, 0.6) is 0 Å². The Hall–Kier alpha value is -2.12. The van der Waals surface area contributed by atoms with Crippen molar-refractivity contribution in [1.29, 1.82) is 0 Å². The number of carbonyl (C=O) groups is 4. The average Bonchev–Trinajstić information content (AvgIpc) is 2.57. The fourth-order valence-corrected chi connectivity index (χ4v) is 2.99. The molecule has 8 heteroatoms. The largest absolute Gasteiger partial charge is 0.480 e. The Kier molecular flexibility index (Phi) is 8.37. The van der Waals surface area contributed by atoms with Gasteiger partial charge in [-0.2, -0.15) is 0 Å². The minimum Gasteiger partial charge on any atom is -0.480 e. The minimum atomic E-state index is -1.09. The maximum Gasteiger partial charge on any atom is 0.326 e. The second-order valence-electron chi connectivity index (χ2n) is 6.46. The quantitative estimate of drug-likeness (QED) is 0.658. The highest BCUT2D eigenvalue weighted by Crippen LogP contribution is 2.21. The molecule has 0 radical (unpaired) electrons. The molecule has 0 bridgehead atoms. The number of nitrogens with one attached hydrogen (secondary N) is 1. The van der Waals surface area contributed by atoms with Crippen LogP contribution in [0.4, 0.5) is 0 Å². The summed E-state index contributed by atoms with van der Waals surface area (Å²) in [5.74, 6) is -1.95. The summed E-state index contributed by atoms with van der Waals surface area (Å²) in [6.07, 6.45) is 2.58. The fourth-order valence-electron chi connectivity index (χ4n) is 2.99. The average molecular weight is 355 g/mol. The predicted molar refractivity (Wildman–Crippen MR) is 91.7 cm³/mol. The van der Waals surface area contributed by atoms with Gasteiger partial charge in [-0.1, -0.05) is 6.92 Å². The maximum atomic E-state index is 12.9. The number of rotatable bonds is 8. The van der Waals surface area contributed by atoms with E-state index in [1.807, 2.05) is 6.92 Å². The SMILES string of the molecule is CCCC(=O)N1CCCC(C(=O)N(CCNC(C)=O)C(C)C(=O)O)C1. The van der Waals surface area contributed by atoms with Crippen LogP contribution in [-0.4, -0.2) is 70.8 Å². The van der Waals surface area contributed by atoms with Gasteiger partial charge in [-0.3, -0.25) is 14.4 Å². The first-order chi connectivity index (χ1) is 11.8. The van der Waals surface area contributed by atoms with Gasteiger partial charge in [0, 0.05) is 39.5 Å². The molecule has 2 atom stereocenters. The van der Waals surface area contributed by atoms with Crippen LogP contribution in [0.15, 0.2) is 0 Å². The number of carbonyl (C=O) groups excluding carboxylic acids is 3. The van der Waals surface area contributed by atoms with Crippen LogP contribution in [0.3, 0.4) is 0 Å². The molecular weight excluding hydrogens is 326 g/mol. The Labute approximate surface area is 148 Å². The molecule has 1 saturated heterocycles. The van der Waals surface area contributed by atoms with Crippen molar-refractivity contribution in [3.05, 3.63) is 0 Å². The van der Waals surface area contributed by atoms with Gasteiger partial charge in [0.15, 0.2) is 0 Å². The van der Waals surface area contributed by atoms with Crippen LogP contribution >= 0.6 is 0 Å². The minimum absolute atomic E-state index is 0.0380. The summed E-state index contributed by atoms with van der Waals surface area (Å²) in [7, 11) is 0. The van der Waals surface area contributed by atoms with Crippen molar-refractivity contribution in [3.63, 3.8) is 0 Å². The topological polar surface area (TPSA) is 107 Å². The molecule has 142 valence electrons. The number of amides is 3. The van der Waals surface area contributed by atoms with Gasteiger partial charge in [-0.15, -0.1) is 0 Å². The summed E-state index contributed by atoms with van der Waals surface area (Å²) in [5.41, 5.74) is 0. The summed E-state index contributed by atoms with van der Waals surface area (Å²) in [4.78, 5) is 50.3. The molecule has 25 heavy (non-hydrogen) atoms. The number of carboxylic acids is 1. The third-order valence-electron chi connectivity index (χ3n) is 4.42. The Morgan fingerprint density at radius 2 is 2.00 bits per heavy atom. The van der Waals surface area contributed by atoms with E-state index in [9.17, 15) is 24.3 Å². The van der Waals surface area contributed by atoms with E-state index in [0.717, 1.165) is 12.8 Å². The number of piperidine rings is 1. The zero-order valence-electron chi connectivity index (χ0n) is 15.3. The van der Waals surface area contributed by atoms with Crippen LogP contribution in [0.1, 0.15) is 46.5 Å². The summed E-state index contributed by atoms with van der Waals surface area (Å²) < 4.78 is 0. The smallest absolute Gasteiger partial charge is 0.326 e. The second-order valence-corrected chi connectivity index (χ2v) is 6.46. The molecular formula is C17H29N3O5. The molecule has 3 amide bonds. The molecule has 1 rings (SSSR count). The molecule has 1 aliphatic heterocycles. The molecule has 0 spiro atoms. The van der Waals surface area contributed by atoms with Crippen LogP contribution < -0.4 is 5.32 Å². The van der Waals surface area contributed by atoms with Crippen molar-refractivity contribution in [1.82, 2.24) is 15.1 Å². The molecule has 0 aromatic heterocycles. The molecule has 2 unspecified atom stereocenters. The number of hydrogen-bond acceptors (Lipinski definition) is 4. The number of aliphatic carboxylic acids is 1. The second kappa shape index (κ2) is 10.0. The van der Waals surface area contributed by atoms with Crippen LogP contribution in [0, 0.1) is 5.92 Å². The zero-order chi connectivity index (χ0) is 19.0. The first-order valence-electron chi connectivity index (χ1n) is 8.83. The van der Waals surface area contributed by atoms with Crippen LogP contribution in [0.2, 0.25) is 0 Å². The molecule has 1 fully saturated rings. The molecule has 0 aliphatic carbocycles. The van der Waals surface area contributed by atoms with E-state index in [4.69, 9.17) is 0 Å². The van der Waals surface area contributed by atoms with E-state index in [-0.39, 0.29) is 30.8 Å². The van der Waals surface area contributed by atoms with Gasteiger partial charge in [0.05, 0.1) is 5.92 Å². The molecule has 0 saturated carbocycles. The Bertz CT molecular complexity index is 509. The third-order valence-corrected chi connectivity index (χ3v) is 4.42. The van der Waals surface area contributed by atoms with Crippen molar-refractivity contribution >= 4 is 23.7 Å². The lowest BCUT2D eigenvalue weighted by Crippen LogP contribution is -2.52. The Morgan fingerprint density at radius 3 is 2.56 bits per heavy atom. The van der Waals surface area contributed by atoms with Gasteiger partial charge >= 0.3 is 5.97 Å². The van der Waals surface area contributed by atoms with Gasteiger partial charge in [0.25, 0.3) is 0 Å². The van der Waals surface area contributed by atoms with Gasteiger partial charge in [-0.05, 0) is 26.2 Å². The molecule has 8 nitrogen and oxygen atoms in total. The summed E-state index contributed by atoms with van der Waals surface area (Å²) in [5, 5.41) is 11.9. The summed E-state index contributed by atoms with van der Waals surface area (Å²) >= 11 is 0. The van der Waals surface area contributed by atoms with E-state index in [1.165, 1.54) is 18.7 Å². The van der Waals surface area contributed by atoms with Crippen molar-refractivity contribution < 1.29 is 24.3 Å². The molecule has 0 aromatic rings. The first-order valence-corrected chi connectivity index (χ1v) is 8.83. The van der Waals surface area contributed by atoms with E-state index in [1.54, 1.807) is 4.90 Å². The maximum absolute atomic E-state index is 12.9. The standard InChI is InChI=1S/C17H29N3O5/c1-4-6-15(22)19-9-5-7-14(11-19)16(23)20(12(2)17(24)25)10-8-18-13(3)21/h12,14H,4-11H2,1-3H3,(H,18,21)(H,24,25). The predicted octanol–water partition coefficient (Wildman–Crippen LogP) is 0.463. The highest BCUT2D eigenvalue weighted by atomic mass is 16.4. The highest BCUT2D eigenvalue weighted by Gasteiger charge is 2.34. The normalized spacial score (nSPS) is 18.4. The van der Waals surface area contributed by atoms with Crippen molar-refractivity contribution in [3.8, 4) is 0 Å². The van der Waals surface area contributed by atoms with Crippen LogP contribution in [0.25, 0.3) is 0 Å². The van der Waals surface area contributed by atoms with E-state index >= 15 is 0 Å². The number of hydrogen-bond donors (Lipinski definition) is 2. The molecule has 1 heterocycles. The highest BCUT2D eigenvalue weighted by molar-refractivity contribution is 5.86. The van der Waals surface area contributed by atoms with Gasteiger partial charge in [0.1, 0.15) is 6.04 Å². The molecule has 1 aliphatic rings. The van der Waals surface area contributed by atoms with E-state index < -0.39 is 17.9 Å². The van der Waals surface area contributed by atoms with Crippen LogP contribution in [-0.2, 0) is 19.2 Å². The number of carboxylic acid groups (broad SMARTS) is 1. The molecule has 0 aromatic carbocycles. The van der Waals surface area contributed by atoms with Crippen molar-refractivity contribution in [2.45, 2.75) is 52.5 Å². The lowest BCUT2D eigenvalue weighted by molar-refractivity contribution is -0.153. The monoisotopic (exact) mass is 355 g/mol. The third kappa shape index (κ3) is 6.36. The van der Waals surface area contributed by atoms with Gasteiger partial charge < -0.3 is 20.2 Å². The Balaban J connectivity index is 2.78. The number of likely N-dealkylation sites (tertiary alicyclic amines) is 1. The number of nitrogens with zero attached hydrogens (tertiary/aromatic N) is 2. The molecule has 2 N–H and O–H groups in total. The summed E-state index contributed by atoms with van der Waals surface area (Å²) in [6, 6.07) is -0.983. The van der Waals surface area contributed by atoms with E-state index in [0.29, 0.717) is 25.9 Å².